The predicted molar refractivity (Wildman–Crippen MR) is 205 cm³/mol. The lowest BCUT2D eigenvalue weighted by molar-refractivity contribution is 0.674. The van der Waals surface area contributed by atoms with E-state index in [0.29, 0.717) is 5.84 Å². The van der Waals surface area contributed by atoms with Gasteiger partial charge in [-0.2, -0.15) is 0 Å². The molecule has 1 N–H and O–H groups in total. The fourth-order valence-electron chi connectivity index (χ4n) is 6.67. The van der Waals surface area contributed by atoms with Crippen molar-refractivity contribution < 1.29 is 0 Å². The van der Waals surface area contributed by atoms with Crippen LogP contribution in [0.3, 0.4) is 0 Å². The zero-order chi connectivity index (χ0) is 33.3. The van der Waals surface area contributed by atoms with Crippen LogP contribution in [-0.4, -0.2) is 21.6 Å². The molecule has 2 aromatic heterocycles. The summed E-state index contributed by atoms with van der Waals surface area (Å²) in [6.07, 6.45) is 3.38. The second kappa shape index (κ2) is 12.7. The number of pyridine rings is 2. The molecule has 0 bridgehead atoms. The second-order valence-electron chi connectivity index (χ2n) is 12.4. The van der Waals surface area contributed by atoms with E-state index < -0.39 is 0 Å². The number of aliphatic imine (C=N–C) groups is 2. The molecule has 50 heavy (non-hydrogen) atoms. The van der Waals surface area contributed by atoms with Crippen LogP contribution in [0.5, 0.6) is 0 Å². The molecule has 0 saturated heterocycles. The number of nitrogens with one attached hydrogen (secondary N) is 1. The summed E-state index contributed by atoms with van der Waals surface area (Å²) in [5.74, 6) is 1.46. The van der Waals surface area contributed by atoms with Gasteiger partial charge in [-0.25, -0.2) is 9.98 Å². The molecule has 1 unspecified atom stereocenters. The molecular formula is C45H31N5. The smallest absolute Gasteiger partial charge is 0.159 e. The Morgan fingerprint density at radius 3 is 1.50 bits per heavy atom. The summed E-state index contributed by atoms with van der Waals surface area (Å²) in [5.41, 5.74) is 11.7. The minimum atomic E-state index is -0.314. The van der Waals surface area contributed by atoms with Gasteiger partial charge in [0.2, 0.25) is 0 Å². The third-order valence-electron chi connectivity index (χ3n) is 9.26. The van der Waals surface area contributed by atoms with Crippen molar-refractivity contribution in [1.82, 2.24) is 15.3 Å². The number of para-hydroxylation sites is 2. The first-order valence-electron chi connectivity index (χ1n) is 16.7. The van der Waals surface area contributed by atoms with E-state index in [0.717, 1.165) is 66.6 Å². The number of aromatic nitrogens is 2. The molecule has 0 aliphatic carbocycles. The van der Waals surface area contributed by atoms with Crippen LogP contribution < -0.4 is 5.32 Å². The lowest BCUT2D eigenvalue weighted by Crippen LogP contribution is -2.33. The molecule has 0 fully saturated rings. The maximum absolute atomic E-state index is 5.15. The van der Waals surface area contributed by atoms with Crippen molar-refractivity contribution in [2.45, 2.75) is 6.17 Å². The fraction of sp³-hybridized carbons (Fsp3) is 0.0222. The van der Waals surface area contributed by atoms with Gasteiger partial charge in [-0.1, -0.05) is 152 Å². The van der Waals surface area contributed by atoms with E-state index in [1.165, 1.54) is 11.1 Å². The standard InChI is InChI=1S/C45H31N5/c1-2-8-30(9-3-1)31-16-22-36(23-17-31)43-48-44(37-24-18-32(19-25-37)39-14-4-10-34-12-6-28-46-41(34)39)50-45(49-43)38-26-20-33(21-27-38)40-15-5-11-35-13-7-29-47-42(35)40/h1-29,43H,(H,48,49,50). The Morgan fingerprint density at radius 1 is 0.400 bits per heavy atom. The van der Waals surface area contributed by atoms with Crippen LogP contribution in [0.15, 0.2) is 186 Å². The summed E-state index contributed by atoms with van der Waals surface area (Å²) >= 11 is 0. The summed E-state index contributed by atoms with van der Waals surface area (Å²) in [7, 11) is 0. The van der Waals surface area contributed by atoms with Gasteiger partial charge in [0.15, 0.2) is 5.84 Å². The zero-order valence-electron chi connectivity index (χ0n) is 27.1. The van der Waals surface area contributed by atoms with E-state index >= 15 is 0 Å². The number of hydrogen-bond donors (Lipinski definition) is 1. The number of amidine groups is 2. The molecule has 3 heterocycles. The summed E-state index contributed by atoms with van der Waals surface area (Å²) in [6, 6.07) is 56.8. The molecule has 8 aromatic rings. The Hall–Kier alpha value is -6.72. The normalized spacial score (nSPS) is 14.2. The zero-order valence-corrected chi connectivity index (χ0v) is 27.1. The van der Waals surface area contributed by atoms with Gasteiger partial charge in [0, 0.05) is 45.4 Å². The molecule has 6 aromatic carbocycles. The summed E-state index contributed by atoms with van der Waals surface area (Å²) in [6.45, 7) is 0. The molecule has 0 saturated carbocycles. The Bertz CT molecular complexity index is 2530. The first-order chi connectivity index (χ1) is 24.8. The van der Waals surface area contributed by atoms with Gasteiger partial charge < -0.3 is 5.32 Å². The van der Waals surface area contributed by atoms with Crippen LogP contribution in [0.2, 0.25) is 0 Å². The first kappa shape index (κ1) is 29.4. The Morgan fingerprint density at radius 2 is 0.900 bits per heavy atom. The summed E-state index contributed by atoms with van der Waals surface area (Å²) in [5, 5.41) is 5.88. The molecule has 5 nitrogen and oxygen atoms in total. The predicted octanol–water partition coefficient (Wildman–Crippen LogP) is 10.3. The first-order valence-corrected chi connectivity index (χ1v) is 16.7. The van der Waals surface area contributed by atoms with Gasteiger partial charge >= 0.3 is 0 Å². The van der Waals surface area contributed by atoms with Gasteiger partial charge in [-0.05, 0) is 39.9 Å². The second-order valence-corrected chi connectivity index (χ2v) is 12.4. The van der Waals surface area contributed by atoms with Crippen molar-refractivity contribution in [2.75, 3.05) is 0 Å². The summed E-state index contributed by atoms with van der Waals surface area (Å²) in [4.78, 5) is 19.6. The summed E-state index contributed by atoms with van der Waals surface area (Å²) < 4.78 is 0. The third kappa shape index (κ3) is 5.61. The van der Waals surface area contributed by atoms with Crippen LogP contribution in [0.4, 0.5) is 0 Å². The molecule has 5 heteroatoms. The van der Waals surface area contributed by atoms with Gasteiger partial charge in [0.25, 0.3) is 0 Å². The number of rotatable bonds is 6. The van der Waals surface area contributed by atoms with Crippen molar-refractivity contribution >= 4 is 33.5 Å². The molecule has 0 amide bonds. The van der Waals surface area contributed by atoms with E-state index in [2.05, 4.69) is 161 Å². The SMILES string of the molecule is c1ccc(-c2ccc(C3N=C(c4ccc(-c5cccc6cccnc56)cc4)N=C(c4ccc(-c5cccc6cccnc56)cc4)N3)cc2)cc1. The molecule has 0 spiro atoms. The average molecular weight is 642 g/mol. The molecule has 0 radical (unpaired) electrons. The van der Waals surface area contributed by atoms with E-state index in [1.807, 2.05) is 30.6 Å². The Kier molecular flexibility index (Phi) is 7.48. The lowest BCUT2D eigenvalue weighted by atomic mass is 9.99. The molecular weight excluding hydrogens is 611 g/mol. The number of benzene rings is 6. The molecule has 1 atom stereocenters. The highest BCUT2D eigenvalue weighted by Crippen LogP contribution is 2.31. The Balaban J connectivity index is 1.08. The fourth-order valence-corrected chi connectivity index (χ4v) is 6.67. The van der Waals surface area contributed by atoms with Gasteiger partial charge in [0.1, 0.15) is 12.0 Å². The minimum absolute atomic E-state index is 0.314. The quantitative estimate of drug-likeness (QED) is 0.197. The van der Waals surface area contributed by atoms with Crippen molar-refractivity contribution in [1.29, 1.82) is 0 Å². The maximum Gasteiger partial charge on any atom is 0.159 e. The maximum atomic E-state index is 5.15. The van der Waals surface area contributed by atoms with Crippen LogP contribution in [0, 0.1) is 0 Å². The largest absolute Gasteiger partial charge is 0.344 e. The van der Waals surface area contributed by atoms with Crippen LogP contribution in [0.25, 0.3) is 55.2 Å². The van der Waals surface area contributed by atoms with Crippen molar-refractivity contribution in [3.8, 4) is 33.4 Å². The average Bonchev–Trinajstić information content (AvgIpc) is 3.21. The van der Waals surface area contributed by atoms with E-state index in [9.17, 15) is 0 Å². The number of hydrogen-bond acceptors (Lipinski definition) is 5. The third-order valence-corrected chi connectivity index (χ3v) is 9.26. The van der Waals surface area contributed by atoms with Crippen molar-refractivity contribution in [2.24, 2.45) is 9.98 Å². The van der Waals surface area contributed by atoms with Gasteiger partial charge in [-0.15, -0.1) is 0 Å². The van der Waals surface area contributed by atoms with Crippen molar-refractivity contribution in [3.05, 3.63) is 193 Å². The van der Waals surface area contributed by atoms with Crippen LogP contribution >= 0.6 is 0 Å². The Labute approximate surface area is 290 Å². The van der Waals surface area contributed by atoms with Crippen LogP contribution in [-0.2, 0) is 0 Å². The number of nitrogens with zero attached hydrogens (tertiary/aromatic N) is 4. The highest BCUT2D eigenvalue weighted by Gasteiger charge is 2.21. The van der Waals surface area contributed by atoms with Gasteiger partial charge in [-0.3, -0.25) is 9.97 Å². The van der Waals surface area contributed by atoms with Crippen LogP contribution in [0.1, 0.15) is 22.9 Å². The lowest BCUT2D eigenvalue weighted by Gasteiger charge is -2.24. The molecule has 9 rings (SSSR count). The molecule has 1 aliphatic heterocycles. The minimum Gasteiger partial charge on any atom is -0.344 e. The highest BCUT2D eigenvalue weighted by atomic mass is 15.2. The van der Waals surface area contributed by atoms with Gasteiger partial charge in [0.05, 0.1) is 11.0 Å². The monoisotopic (exact) mass is 641 g/mol. The topological polar surface area (TPSA) is 62.5 Å². The van der Waals surface area contributed by atoms with E-state index in [1.54, 1.807) is 0 Å². The highest BCUT2D eigenvalue weighted by molar-refractivity contribution is 6.13. The molecule has 1 aliphatic rings. The molecule has 236 valence electrons. The number of fused-ring (bicyclic) bond motifs is 2. The van der Waals surface area contributed by atoms with E-state index in [-0.39, 0.29) is 6.17 Å². The van der Waals surface area contributed by atoms with Crippen molar-refractivity contribution in [3.63, 3.8) is 0 Å². The van der Waals surface area contributed by atoms with E-state index in [4.69, 9.17) is 9.98 Å².